The fraction of sp³-hybridized carbons (Fsp3) is 0.643. The molecule has 2 heterocycles. The molecule has 1 aliphatic heterocycles. The van der Waals surface area contributed by atoms with Crippen LogP contribution in [0.2, 0.25) is 0 Å². The van der Waals surface area contributed by atoms with Crippen molar-refractivity contribution >= 4 is 23.2 Å². The second-order valence-electron chi connectivity index (χ2n) is 5.64. The van der Waals surface area contributed by atoms with Crippen molar-refractivity contribution in [3.8, 4) is 0 Å². The number of thiazole rings is 1. The average molecular weight is 294 g/mol. The van der Waals surface area contributed by atoms with Gasteiger partial charge in [0.15, 0.2) is 0 Å². The number of carboxylic acids is 1. The van der Waals surface area contributed by atoms with Gasteiger partial charge in [0.05, 0.1) is 12.0 Å². The van der Waals surface area contributed by atoms with Crippen LogP contribution >= 0.6 is 11.3 Å². The van der Waals surface area contributed by atoms with Gasteiger partial charge < -0.3 is 10.0 Å². The van der Waals surface area contributed by atoms with Gasteiger partial charge in [0.25, 0.3) is 0 Å². The van der Waals surface area contributed by atoms with Crippen LogP contribution in [0.3, 0.4) is 0 Å². The summed E-state index contributed by atoms with van der Waals surface area (Å²) in [6.45, 7) is 1.90. The predicted molar refractivity (Wildman–Crippen MR) is 74.4 cm³/mol. The highest BCUT2D eigenvalue weighted by molar-refractivity contribution is 7.09. The Bertz CT molecular complexity index is 538. The molecular weight excluding hydrogens is 276 g/mol. The lowest BCUT2D eigenvalue weighted by molar-refractivity contribution is -0.146. The van der Waals surface area contributed by atoms with Crippen molar-refractivity contribution in [2.45, 2.75) is 51.1 Å². The van der Waals surface area contributed by atoms with Gasteiger partial charge in [-0.1, -0.05) is 0 Å². The molecular formula is C14H18N2O3S. The summed E-state index contributed by atoms with van der Waals surface area (Å²) in [4.78, 5) is 30.3. The van der Waals surface area contributed by atoms with Crippen LogP contribution in [0.4, 0.5) is 0 Å². The molecule has 0 radical (unpaired) electrons. The fourth-order valence-corrected chi connectivity index (χ4v) is 3.91. The molecule has 2 aliphatic rings. The van der Waals surface area contributed by atoms with E-state index in [1.54, 1.807) is 0 Å². The molecule has 1 saturated heterocycles. The lowest BCUT2D eigenvalue weighted by Crippen LogP contribution is -2.40. The summed E-state index contributed by atoms with van der Waals surface area (Å²) in [6, 6.07) is -0.162. The highest BCUT2D eigenvalue weighted by atomic mass is 32.1. The summed E-state index contributed by atoms with van der Waals surface area (Å²) in [6.07, 6.45) is 3.63. The van der Waals surface area contributed by atoms with E-state index >= 15 is 0 Å². The van der Waals surface area contributed by atoms with Gasteiger partial charge in [0.2, 0.25) is 5.91 Å². The number of aliphatic carboxylic acids is 1. The monoisotopic (exact) mass is 294 g/mol. The Kier molecular flexibility index (Phi) is 3.50. The fourth-order valence-electron chi connectivity index (χ4n) is 2.95. The molecule has 0 bridgehead atoms. The Morgan fingerprint density at radius 3 is 2.75 bits per heavy atom. The van der Waals surface area contributed by atoms with Crippen LogP contribution in [0, 0.1) is 12.8 Å². The summed E-state index contributed by atoms with van der Waals surface area (Å²) < 4.78 is 0. The van der Waals surface area contributed by atoms with Gasteiger partial charge >= 0.3 is 5.97 Å². The van der Waals surface area contributed by atoms with Crippen molar-refractivity contribution in [3.05, 3.63) is 16.1 Å². The summed E-state index contributed by atoms with van der Waals surface area (Å²) in [7, 11) is 0. The molecule has 3 rings (SSSR count). The maximum absolute atomic E-state index is 12.4. The SMILES string of the molecule is Cc1csc(C2C(C(=O)O)CCCC(=O)N2C2CC2)n1. The van der Waals surface area contributed by atoms with E-state index in [4.69, 9.17) is 0 Å². The molecule has 1 aromatic heterocycles. The largest absolute Gasteiger partial charge is 0.481 e. The Morgan fingerprint density at radius 2 is 2.20 bits per heavy atom. The van der Waals surface area contributed by atoms with Gasteiger partial charge in [0, 0.05) is 23.5 Å². The normalized spacial score (nSPS) is 27.4. The first-order valence-corrected chi connectivity index (χ1v) is 7.92. The number of aryl methyl sites for hydroxylation is 1. The molecule has 2 atom stereocenters. The minimum Gasteiger partial charge on any atom is -0.481 e. The van der Waals surface area contributed by atoms with E-state index in [1.165, 1.54) is 11.3 Å². The van der Waals surface area contributed by atoms with Crippen LogP contribution < -0.4 is 0 Å². The molecule has 0 spiro atoms. The van der Waals surface area contributed by atoms with Crippen molar-refractivity contribution in [1.82, 2.24) is 9.88 Å². The molecule has 6 heteroatoms. The molecule has 1 amide bonds. The number of carbonyl (C=O) groups is 2. The molecule has 1 aliphatic carbocycles. The molecule has 1 aromatic rings. The first-order valence-electron chi connectivity index (χ1n) is 7.04. The van der Waals surface area contributed by atoms with E-state index in [9.17, 15) is 14.7 Å². The molecule has 2 unspecified atom stereocenters. The minimum atomic E-state index is -0.816. The number of hydrogen-bond donors (Lipinski definition) is 1. The molecule has 108 valence electrons. The van der Waals surface area contributed by atoms with Crippen molar-refractivity contribution < 1.29 is 14.7 Å². The first kappa shape index (κ1) is 13.5. The smallest absolute Gasteiger partial charge is 0.309 e. The number of rotatable bonds is 3. The summed E-state index contributed by atoms with van der Waals surface area (Å²) >= 11 is 1.47. The maximum atomic E-state index is 12.4. The lowest BCUT2D eigenvalue weighted by atomic mass is 9.95. The zero-order valence-corrected chi connectivity index (χ0v) is 12.2. The van der Waals surface area contributed by atoms with Crippen LogP contribution in [-0.4, -0.2) is 32.9 Å². The van der Waals surface area contributed by atoms with Gasteiger partial charge in [0.1, 0.15) is 5.01 Å². The van der Waals surface area contributed by atoms with Crippen LogP contribution in [0.25, 0.3) is 0 Å². The number of carboxylic acid groups (broad SMARTS) is 1. The number of amides is 1. The second kappa shape index (κ2) is 5.16. The van der Waals surface area contributed by atoms with E-state index in [0.717, 1.165) is 23.5 Å². The van der Waals surface area contributed by atoms with Crippen molar-refractivity contribution in [2.75, 3.05) is 0 Å². The average Bonchev–Trinajstić information content (AvgIpc) is 3.15. The zero-order valence-electron chi connectivity index (χ0n) is 11.4. The summed E-state index contributed by atoms with van der Waals surface area (Å²) in [5.41, 5.74) is 0.890. The minimum absolute atomic E-state index is 0.0918. The molecule has 2 fully saturated rings. The van der Waals surface area contributed by atoms with Crippen LogP contribution in [0.15, 0.2) is 5.38 Å². The summed E-state index contributed by atoms with van der Waals surface area (Å²) in [5, 5.41) is 12.2. The van der Waals surface area contributed by atoms with E-state index in [1.807, 2.05) is 17.2 Å². The van der Waals surface area contributed by atoms with E-state index in [2.05, 4.69) is 4.98 Å². The molecule has 1 saturated carbocycles. The Balaban J connectivity index is 2.02. The van der Waals surface area contributed by atoms with Crippen LogP contribution in [-0.2, 0) is 9.59 Å². The van der Waals surface area contributed by atoms with Crippen LogP contribution in [0.5, 0.6) is 0 Å². The van der Waals surface area contributed by atoms with Gasteiger partial charge in [-0.2, -0.15) is 0 Å². The third-order valence-corrected chi connectivity index (χ3v) is 5.06. The van der Waals surface area contributed by atoms with E-state index in [0.29, 0.717) is 19.3 Å². The van der Waals surface area contributed by atoms with E-state index in [-0.39, 0.29) is 18.0 Å². The molecule has 1 N–H and O–H groups in total. The summed E-state index contributed by atoms with van der Waals surface area (Å²) in [5.74, 6) is -1.26. The predicted octanol–water partition coefficient (Wildman–Crippen LogP) is 2.37. The quantitative estimate of drug-likeness (QED) is 0.929. The van der Waals surface area contributed by atoms with E-state index < -0.39 is 11.9 Å². The number of aromatic nitrogens is 1. The van der Waals surface area contributed by atoms with Crippen molar-refractivity contribution in [2.24, 2.45) is 5.92 Å². The van der Waals surface area contributed by atoms with Crippen molar-refractivity contribution in [1.29, 1.82) is 0 Å². The van der Waals surface area contributed by atoms with Gasteiger partial charge in [-0.05, 0) is 32.6 Å². The second-order valence-corrected chi connectivity index (χ2v) is 6.53. The Morgan fingerprint density at radius 1 is 1.45 bits per heavy atom. The third kappa shape index (κ3) is 2.44. The van der Waals surface area contributed by atoms with Crippen LogP contribution in [0.1, 0.15) is 48.8 Å². The standard InChI is InChI=1S/C14H18N2O3S/c1-8-7-20-13(15-8)12-10(14(18)19)3-2-4-11(17)16(12)9-5-6-9/h7,9-10,12H,2-6H2,1H3,(H,18,19). The van der Waals surface area contributed by atoms with Gasteiger partial charge in [-0.15, -0.1) is 11.3 Å². The first-order chi connectivity index (χ1) is 9.58. The van der Waals surface area contributed by atoms with Crippen molar-refractivity contribution in [3.63, 3.8) is 0 Å². The molecule has 0 aromatic carbocycles. The Labute approximate surface area is 121 Å². The topological polar surface area (TPSA) is 70.5 Å². The Hall–Kier alpha value is -1.43. The third-order valence-electron chi connectivity index (χ3n) is 4.02. The number of hydrogen-bond acceptors (Lipinski definition) is 4. The van der Waals surface area contributed by atoms with Gasteiger partial charge in [-0.25, -0.2) is 4.98 Å². The number of likely N-dealkylation sites (tertiary alicyclic amines) is 1. The zero-order chi connectivity index (χ0) is 14.3. The highest BCUT2D eigenvalue weighted by Gasteiger charge is 2.46. The number of nitrogens with zero attached hydrogens (tertiary/aromatic N) is 2. The van der Waals surface area contributed by atoms with Gasteiger partial charge in [-0.3, -0.25) is 9.59 Å². The molecule has 5 nitrogen and oxygen atoms in total. The highest BCUT2D eigenvalue weighted by Crippen LogP contribution is 2.43. The number of carbonyl (C=O) groups excluding carboxylic acids is 1. The maximum Gasteiger partial charge on any atom is 0.309 e. The lowest BCUT2D eigenvalue weighted by Gasteiger charge is -2.32. The molecule has 20 heavy (non-hydrogen) atoms.